The van der Waals surface area contributed by atoms with E-state index in [1.165, 1.54) is 0 Å². The Labute approximate surface area is 94.5 Å². The molecule has 2 rings (SSSR count). The number of carbonyl (C=O) groups is 1. The minimum atomic E-state index is -0.104. The van der Waals surface area contributed by atoms with Gasteiger partial charge in [-0.2, -0.15) is 0 Å². The number of nitrogens with two attached hydrogens (primary N) is 1. The Kier molecular flexibility index (Phi) is 3.10. The molecule has 0 saturated heterocycles. The Hall–Kier alpha value is -1.55. The molecule has 0 aromatic carbocycles. The average Bonchev–Trinajstić information content (AvgIpc) is 2.87. The average molecular weight is 220 g/mol. The zero-order valence-electron chi connectivity index (χ0n) is 9.22. The third-order valence-corrected chi connectivity index (χ3v) is 2.78. The van der Waals surface area contributed by atoms with Gasteiger partial charge in [0.25, 0.3) is 0 Å². The SMILES string of the molecule is CC(NC(=O)C1C=CC(N)C1)c1ccco1. The van der Waals surface area contributed by atoms with Gasteiger partial charge in [-0.25, -0.2) is 0 Å². The summed E-state index contributed by atoms with van der Waals surface area (Å²) in [5.74, 6) is 0.667. The lowest BCUT2D eigenvalue weighted by atomic mass is 10.1. The molecule has 1 aromatic heterocycles. The van der Waals surface area contributed by atoms with Crippen LogP contribution in [0.15, 0.2) is 35.0 Å². The number of furan rings is 1. The molecule has 1 heterocycles. The molecule has 16 heavy (non-hydrogen) atoms. The summed E-state index contributed by atoms with van der Waals surface area (Å²) in [7, 11) is 0. The van der Waals surface area contributed by atoms with Crippen LogP contribution in [0.3, 0.4) is 0 Å². The lowest BCUT2D eigenvalue weighted by Gasteiger charge is -2.14. The summed E-state index contributed by atoms with van der Waals surface area (Å²) < 4.78 is 5.22. The Bertz CT molecular complexity index is 384. The van der Waals surface area contributed by atoms with Crippen molar-refractivity contribution in [3.63, 3.8) is 0 Å². The topological polar surface area (TPSA) is 68.3 Å². The Morgan fingerprint density at radius 1 is 1.62 bits per heavy atom. The van der Waals surface area contributed by atoms with Crippen LogP contribution >= 0.6 is 0 Å². The number of rotatable bonds is 3. The first-order valence-electron chi connectivity index (χ1n) is 5.44. The molecule has 1 amide bonds. The van der Waals surface area contributed by atoms with Crippen LogP contribution in [0.25, 0.3) is 0 Å². The van der Waals surface area contributed by atoms with Gasteiger partial charge < -0.3 is 15.5 Å². The maximum Gasteiger partial charge on any atom is 0.227 e. The normalized spacial score (nSPS) is 25.6. The first kappa shape index (κ1) is 11.0. The fourth-order valence-electron chi connectivity index (χ4n) is 1.85. The van der Waals surface area contributed by atoms with Crippen molar-refractivity contribution in [2.24, 2.45) is 11.7 Å². The number of amides is 1. The molecule has 3 atom stereocenters. The van der Waals surface area contributed by atoms with Crippen LogP contribution < -0.4 is 11.1 Å². The summed E-state index contributed by atoms with van der Waals surface area (Å²) >= 11 is 0. The minimum Gasteiger partial charge on any atom is -0.467 e. The predicted octanol–water partition coefficient (Wildman–Crippen LogP) is 1.36. The molecule has 0 spiro atoms. The van der Waals surface area contributed by atoms with Gasteiger partial charge >= 0.3 is 0 Å². The van der Waals surface area contributed by atoms with Gasteiger partial charge in [-0.3, -0.25) is 4.79 Å². The van der Waals surface area contributed by atoms with Gasteiger partial charge in [0, 0.05) is 6.04 Å². The van der Waals surface area contributed by atoms with Gasteiger partial charge in [-0.1, -0.05) is 12.2 Å². The standard InChI is InChI=1S/C12H16N2O2/c1-8(11-3-2-6-16-11)14-12(15)9-4-5-10(13)7-9/h2-6,8-10H,7,13H2,1H3,(H,14,15). The van der Waals surface area contributed by atoms with Crippen LogP contribution in [0, 0.1) is 5.92 Å². The van der Waals surface area contributed by atoms with Gasteiger partial charge in [0.05, 0.1) is 18.2 Å². The van der Waals surface area contributed by atoms with E-state index in [9.17, 15) is 4.79 Å². The van der Waals surface area contributed by atoms with Crippen molar-refractivity contribution in [3.05, 3.63) is 36.3 Å². The van der Waals surface area contributed by atoms with Crippen LogP contribution in [-0.2, 0) is 4.79 Å². The summed E-state index contributed by atoms with van der Waals surface area (Å²) in [6.45, 7) is 1.90. The molecule has 1 aliphatic rings. The van der Waals surface area contributed by atoms with Crippen molar-refractivity contribution in [3.8, 4) is 0 Å². The largest absolute Gasteiger partial charge is 0.467 e. The molecular weight excluding hydrogens is 204 g/mol. The quantitative estimate of drug-likeness (QED) is 0.756. The first-order chi connectivity index (χ1) is 7.66. The lowest BCUT2D eigenvalue weighted by molar-refractivity contribution is -0.124. The fraction of sp³-hybridized carbons (Fsp3) is 0.417. The fourth-order valence-corrected chi connectivity index (χ4v) is 1.85. The van der Waals surface area contributed by atoms with E-state index in [0.29, 0.717) is 6.42 Å². The monoisotopic (exact) mass is 220 g/mol. The van der Waals surface area contributed by atoms with Crippen molar-refractivity contribution < 1.29 is 9.21 Å². The second-order valence-corrected chi connectivity index (χ2v) is 4.14. The number of carbonyl (C=O) groups excluding carboxylic acids is 1. The van der Waals surface area contributed by atoms with Crippen LogP contribution in [0.2, 0.25) is 0 Å². The van der Waals surface area contributed by atoms with E-state index >= 15 is 0 Å². The molecule has 4 heteroatoms. The van der Waals surface area contributed by atoms with E-state index in [-0.39, 0.29) is 23.9 Å². The smallest absolute Gasteiger partial charge is 0.227 e. The number of hydrogen-bond acceptors (Lipinski definition) is 3. The van der Waals surface area contributed by atoms with E-state index in [1.807, 2.05) is 31.2 Å². The molecular formula is C12H16N2O2. The zero-order valence-corrected chi connectivity index (χ0v) is 9.22. The van der Waals surface area contributed by atoms with E-state index in [1.54, 1.807) is 6.26 Å². The summed E-state index contributed by atoms with van der Waals surface area (Å²) in [6.07, 6.45) is 6.04. The van der Waals surface area contributed by atoms with Crippen LogP contribution in [0.5, 0.6) is 0 Å². The lowest BCUT2D eigenvalue weighted by Crippen LogP contribution is -2.32. The summed E-state index contributed by atoms with van der Waals surface area (Å²) in [4.78, 5) is 11.8. The molecule has 0 radical (unpaired) electrons. The Morgan fingerprint density at radius 2 is 2.44 bits per heavy atom. The highest BCUT2D eigenvalue weighted by atomic mass is 16.3. The van der Waals surface area contributed by atoms with Crippen molar-refractivity contribution in [1.82, 2.24) is 5.32 Å². The third-order valence-electron chi connectivity index (χ3n) is 2.78. The predicted molar refractivity (Wildman–Crippen MR) is 60.5 cm³/mol. The molecule has 0 bridgehead atoms. The molecule has 86 valence electrons. The molecule has 3 N–H and O–H groups in total. The van der Waals surface area contributed by atoms with E-state index in [4.69, 9.17) is 10.2 Å². The van der Waals surface area contributed by atoms with Gasteiger partial charge in [-0.15, -0.1) is 0 Å². The second-order valence-electron chi connectivity index (χ2n) is 4.14. The molecule has 4 nitrogen and oxygen atoms in total. The Morgan fingerprint density at radius 3 is 3.00 bits per heavy atom. The summed E-state index contributed by atoms with van der Waals surface area (Å²) in [5.41, 5.74) is 5.70. The number of hydrogen-bond donors (Lipinski definition) is 2. The van der Waals surface area contributed by atoms with Crippen LogP contribution in [0.1, 0.15) is 25.1 Å². The van der Waals surface area contributed by atoms with Crippen molar-refractivity contribution >= 4 is 5.91 Å². The third kappa shape index (κ3) is 2.33. The summed E-state index contributed by atoms with van der Waals surface area (Å²) in [6, 6.07) is 3.56. The molecule has 0 fully saturated rings. The van der Waals surface area contributed by atoms with Crippen LogP contribution in [0.4, 0.5) is 0 Å². The van der Waals surface area contributed by atoms with Gasteiger partial charge in [0.1, 0.15) is 5.76 Å². The summed E-state index contributed by atoms with van der Waals surface area (Å²) in [5, 5.41) is 2.91. The van der Waals surface area contributed by atoms with Crippen LogP contribution in [-0.4, -0.2) is 11.9 Å². The first-order valence-corrected chi connectivity index (χ1v) is 5.44. The Balaban J connectivity index is 1.90. The van der Waals surface area contributed by atoms with Crippen molar-refractivity contribution in [2.45, 2.75) is 25.4 Å². The van der Waals surface area contributed by atoms with E-state index < -0.39 is 0 Å². The maximum absolute atomic E-state index is 11.8. The minimum absolute atomic E-state index is 0.00750. The van der Waals surface area contributed by atoms with E-state index in [2.05, 4.69) is 5.32 Å². The maximum atomic E-state index is 11.8. The second kappa shape index (κ2) is 4.53. The molecule has 0 saturated carbocycles. The van der Waals surface area contributed by atoms with Gasteiger partial charge in [0.2, 0.25) is 5.91 Å². The number of nitrogens with one attached hydrogen (secondary N) is 1. The highest BCUT2D eigenvalue weighted by Crippen LogP contribution is 2.19. The van der Waals surface area contributed by atoms with Gasteiger partial charge in [-0.05, 0) is 25.5 Å². The van der Waals surface area contributed by atoms with Crippen molar-refractivity contribution in [2.75, 3.05) is 0 Å². The molecule has 3 unspecified atom stereocenters. The van der Waals surface area contributed by atoms with E-state index in [0.717, 1.165) is 5.76 Å². The molecule has 0 aliphatic heterocycles. The molecule has 1 aromatic rings. The molecule has 1 aliphatic carbocycles. The van der Waals surface area contributed by atoms with Gasteiger partial charge in [0.15, 0.2) is 0 Å². The highest BCUT2D eigenvalue weighted by molar-refractivity contribution is 5.81. The highest BCUT2D eigenvalue weighted by Gasteiger charge is 2.24. The zero-order chi connectivity index (χ0) is 11.5. The van der Waals surface area contributed by atoms with Crippen molar-refractivity contribution in [1.29, 1.82) is 0 Å².